The van der Waals surface area contributed by atoms with Crippen LogP contribution in [-0.2, 0) is 11.1 Å². The molecule has 0 saturated carbocycles. The number of aromatic amines is 1. The van der Waals surface area contributed by atoms with Gasteiger partial charge in [0, 0.05) is 11.6 Å². The van der Waals surface area contributed by atoms with Crippen LogP contribution in [-0.4, -0.2) is 16.2 Å². The summed E-state index contributed by atoms with van der Waals surface area (Å²) in [6.07, 6.45) is 4.44. The minimum atomic E-state index is -0.968. The van der Waals surface area contributed by atoms with Crippen LogP contribution in [0.5, 0.6) is 0 Å². The van der Waals surface area contributed by atoms with E-state index in [1.165, 1.54) is 0 Å². The zero-order valence-corrected chi connectivity index (χ0v) is 11.0. The van der Waals surface area contributed by atoms with Crippen molar-refractivity contribution >= 4 is 5.96 Å². The van der Waals surface area contributed by atoms with Gasteiger partial charge >= 0.3 is 0 Å². The zero-order valence-electron chi connectivity index (χ0n) is 11.0. The van der Waals surface area contributed by atoms with Crippen LogP contribution in [0.2, 0.25) is 0 Å². The number of H-pyrrole nitrogens is 1. The molecule has 1 unspecified atom stereocenters. The van der Waals surface area contributed by atoms with Gasteiger partial charge in [-0.05, 0) is 18.6 Å². The maximum Gasteiger partial charge on any atom is 0.195 e. The van der Waals surface area contributed by atoms with Gasteiger partial charge in [0.15, 0.2) is 11.6 Å². The molecule has 18 heavy (non-hydrogen) atoms. The summed E-state index contributed by atoms with van der Waals surface area (Å²) in [5.74, 6) is 0.297. The topological polar surface area (TPSA) is 105 Å². The SMILES string of the molecule is CCC(C)(C)c1cc(C2(N)C=CNC(N)=N2)[nH]n1. The third kappa shape index (κ3) is 2.11. The Morgan fingerprint density at radius 2 is 2.17 bits per heavy atom. The molecule has 2 heterocycles. The number of aliphatic imine (C=N–C) groups is 1. The maximum atomic E-state index is 6.20. The smallest absolute Gasteiger partial charge is 0.195 e. The van der Waals surface area contributed by atoms with Crippen molar-refractivity contribution in [2.24, 2.45) is 16.5 Å². The second-order valence-corrected chi connectivity index (χ2v) is 5.20. The number of nitrogens with one attached hydrogen (secondary N) is 2. The normalized spacial score (nSPS) is 23.7. The Bertz CT molecular complexity index is 498. The largest absolute Gasteiger partial charge is 0.370 e. The second kappa shape index (κ2) is 4.13. The molecule has 0 aliphatic carbocycles. The zero-order chi connectivity index (χ0) is 13.4. The van der Waals surface area contributed by atoms with Gasteiger partial charge in [-0.15, -0.1) is 0 Å². The molecule has 0 aromatic carbocycles. The quantitative estimate of drug-likeness (QED) is 0.630. The molecule has 0 spiro atoms. The van der Waals surface area contributed by atoms with Crippen LogP contribution >= 0.6 is 0 Å². The summed E-state index contributed by atoms with van der Waals surface area (Å²) >= 11 is 0. The number of aromatic nitrogens is 2. The van der Waals surface area contributed by atoms with E-state index >= 15 is 0 Å². The van der Waals surface area contributed by atoms with Gasteiger partial charge in [-0.3, -0.25) is 10.8 Å². The van der Waals surface area contributed by atoms with Crippen molar-refractivity contribution in [1.82, 2.24) is 15.5 Å². The Labute approximate surface area is 107 Å². The van der Waals surface area contributed by atoms with Gasteiger partial charge in [-0.25, -0.2) is 4.99 Å². The molecule has 1 aromatic heterocycles. The monoisotopic (exact) mass is 248 g/mol. The molecule has 0 radical (unpaired) electrons. The average molecular weight is 248 g/mol. The minimum absolute atomic E-state index is 0.0109. The lowest BCUT2D eigenvalue weighted by Gasteiger charge is -2.23. The van der Waals surface area contributed by atoms with Crippen LogP contribution in [0.15, 0.2) is 23.3 Å². The molecule has 6 nitrogen and oxygen atoms in total. The van der Waals surface area contributed by atoms with Crippen LogP contribution in [0.3, 0.4) is 0 Å². The van der Waals surface area contributed by atoms with E-state index in [1.807, 2.05) is 6.07 Å². The van der Waals surface area contributed by atoms with Crippen molar-refractivity contribution in [3.8, 4) is 0 Å². The van der Waals surface area contributed by atoms with Crippen LogP contribution < -0.4 is 16.8 Å². The molecule has 0 saturated heterocycles. The number of hydrogen-bond acceptors (Lipinski definition) is 5. The lowest BCUT2D eigenvalue weighted by atomic mass is 9.86. The summed E-state index contributed by atoms with van der Waals surface area (Å²) < 4.78 is 0. The summed E-state index contributed by atoms with van der Waals surface area (Å²) in [6.45, 7) is 6.42. The van der Waals surface area contributed by atoms with Gasteiger partial charge in [0.25, 0.3) is 0 Å². The van der Waals surface area contributed by atoms with Gasteiger partial charge in [0.2, 0.25) is 0 Å². The van der Waals surface area contributed by atoms with Crippen LogP contribution in [0.25, 0.3) is 0 Å². The lowest BCUT2D eigenvalue weighted by molar-refractivity contribution is 0.489. The molecular weight excluding hydrogens is 228 g/mol. The maximum absolute atomic E-state index is 6.20. The summed E-state index contributed by atoms with van der Waals surface area (Å²) in [5.41, 5.74) is 12.6. The highest BCUT2D eigenvalue weighted by Gasteiger charge is 2.31. The van der Waals surface area contributed by atoms with E-state index in [4.69, 9.17) is 11.5 Å². The van der Waals surface area contributed by atoms with E-state index in [9.17, 15) is 0 Å². The fourth-order valence-corrected chi connectivity index (χ4v) is 1.73. The summed E-state index contributed by atoms with van der Waals surface area (Å²) in [5, 5.41) is 10.1. The third-order valence-electron chi connectivity index (χ3n) is 3.46. The highest BCUT2D eigenvalue weighted by Crippen LogP contribution is 2.29. The molecule has 2 rings (SSSR count). The highest BCUT2D eigenvalue weighted by molar-refractivity contribution is 5.80. The van der Waals surface area contributed by atoms with E-state index in [0.717, 1.165) is 17.8 Å². The van der Waals surface area contributed by atoms with Crippen molar-refractivity contribution in [3.05, 3.63) is 29.7 Å². The minimum Gasteiger partial charge on any atom is -0.370 e. The molecule has 98 valence electrons. The molecule has 0 bridgehead atoms. The number of guanidine groups is 1. The first-order chi connectivity index (χ1) is 8.37. The Hall–Kier alpha value is -1.82. The van der Waals surface area contributed by atoms with Gasteiger partial charge in [-0.1, -0.05) is 20.8 Å². The molecule has 1 aromatic rings. The Morgan fingerprint density at radius 1 is 1.44 bits per heavy atom. The fraction of sp³-hybridized carbons (Fsp3) is 0.500. The second-order valence-electron chi connectivity index (χ2n) is 5.20. The van der Waals surface area contributed by atoms with Gasteiger partial charge in [0.1, 0.15) is 0 Å². The van der Waals surface area contributed by atoms with Gasteiger partial charge in [0.05, 0.1) is 11.4 Å². The number of rotatable bonds is 3. The van der Waals surface area contributed by atoms with Gasteiger partial charge in [-0.2, -0.15) is 5.10 Å². The Balaban J connectivity index is 2.36. The summed E-state index contributed by atoms with van der Waals surface area (Å²) in [4.78, 5) is 4.21. The van der Waals surface area contributed by atoms with Crippen molar-refractivity contribution < 1.29 is 0 Å². The first-order valence-corrected chi connectivity index (χ1v) is 6.02. The van der Waals surface area contributed by atoms with E-state index in [1.54, 1.807) is 12.3 Å². The predicted octanol–water partition coefficient (Wildman–Crippen LogP) is 0.640. The molecule has 1 atom stereocenters. The van der Waals surface area contributed by atoms with E-state index in [-0.39, 0.29) is 5.41 Å². The van der Waals surface area contributed by atoms with Crippen LogP contribution in [0, 0.1) is 0 Å². The first-order valence-electron chi connectivity index (χ1n) is 6.02. The van der Waals surface area contributed by atoms with Crippen molar-refractivity contribution in [2.45, 2.75) is 38.3 Å². The van der Waals surface area contributed by atoms with Crippen molar-refractivity contribution in [1.29, 1.82) is 0 Å². The summed E-state index contributed by atoms with van der Waals surface area (Å²) in [6, 6.07) is 1.95. The fourth-order valence-electron chi connectivity index (χ4n) is 1.73. The Morgan fingerprint density at radius 3 is 2.78 bits per heavy atom. The van der Waals surface area contributed by atoms with Crippen molar-refractivity contribution in [3.63, 3.8) is 0 Å². The van der Waals surface area contributed by atoms with Crippen LogP contribution in [0.1, 0.15) is 38.6 Å². The number of hydrogen-bond donors (Lipinski definition) is 4. The molecule has 6 heteroatoms. The number of nitrogens with two attached hydrogens (primary N) is 2. The molecule has 6 N–H and O–H groups in total. The van der Waals surface area contributed by atoms with Crippen LogP contribution in [0.4, 0.5) is 0 Å². The van der Waals surface area contributed by atoms with Crippen molar-refractivity contribution in [2.75, 3.05) is 0 Å². The lowest BCUT2D eigenvalue weighted by Crippen LogP contribution is -2.42. The first kappa shape index (κ1) is 12.6. The predicted molar refractivity (Wildman–Crippen MR) is 71.7 cm³/mol. The van der Waals surface area contributed by atoms with E-state index < -0.39 is 5.66 Å². The Kier molecular flexibility index (Phi) is 2.90. The molecule has 1 aliphatic rings. The van der Waals surface area contributed by atoms with Gasteiger partial charge < -0.3 is 11.1 Å². The summed E-state index contributed by atoms with van der Waals surface area (Å²) in [7, 11) is 0. The molecular formula is C12H20N6. The molecule has 1 aliphatic heterocycles. The van der Waals surface area contributed by atoms with E-state index in [0.29, 0.717) is 5.96 Å². The average Bonchev–Trinajstić information content (AvgIpc) is 2.79. The van der Waals surface area contributed by atoms with E-state index in [2.05, 4.69) is 41.3 Å². The molecule has 0 amide bonds. The number of nitrogens with zero attached hydrogens (tertiary/aromatic N) is 2. The standard InChI is InChI=1S/C12H20N6/c1-4-11(2,3)8-7-9(18-17-8)12(14)5-6-15-10(13)16-12/h5-7H,4,14H2,1-3H3,(H,17,18)(H3,13,15,16). The molecule has 0 fully saturated rings. The third-order valence-corrected chi connectivity index (χ3v) is 3.46. The highest BCUT2D eigenvalue weighted by atomic mass is 15.2.